The van der Waals surface area contributed by atoms with Crippen LogP contribution in [0.5, 0.6) is 0 Å². The summed E-state index contributed by atoms with van der Waals surface area (Å²) in [6, 6.07) is 34.5. The first kappa shape index (κ1) is 36.9. The predicted octanol–water partition coefficient (Wildman–Crippen LogP) is 4.08. The van der Waals surface area contributed by atoms with Gasteiger partial charge in [-0.2, -0.15) is 29.8 Å². The van der Waals surface area contributed by atoms with E-state index in [9.17, 15) is 0 Å². The minimum Gasteiger partial charge on any atom is -1.00 e. The van der Waals surface area contributed by atoms with Gasteiger partial charge in [-0.05, 0) is 28.4 Å². The molecule has 0 bridgehead atoms. The van der Waals surface area contributed by atoms with Crippen molar-refractivity contribution in [2.75, 3.05) is 0 Å². The summed E-state index contributed by atoms with van der Waals surface area (Å²) < 4.78 is 1.42. The molecular formula is C40H42Cl2Zr-2. The molecule has 43 heavy (non-hydrogen) atoms. The number of hydrogen-bond donors (Lipinski definition) is 0. The Balaban J connectivity index is 0.000000256. The van der Waals surface area contributed by atoms with Gasteiger partial charge in [0, 0.05) is 0 Å². The molecule has 0 aliphatic heterocycles. The molecule has 0 nitrogen and oxygen atoms in total. The molecule has 0 unspecified atom stereocenters. The second kappa shape index (κ2) is 16.1. The summed E-state index contributed by atoms with van der Waals surface area (Å²) in [7, 11) is 0. The molecule has 2 aliphatic rings. The first-order chi connectivity index (χ1) is 19.4. The van der Waals surface area contributed by atoms with Crippen molar-refractivity contribution in [3.05, 3.63) is 154 Å². The van der Waals surface area contributed by atoms with E-state index >= 15 is 0 Å². The van der Waals surface area contributed by atoms with Crippen LogP contribution >= 0.6 is 0 Å². The molecule has 0 amide bonds. The van der Waals surface area contributed by atoms with E-state index < -0.39 is 0 Å². The molecule has 6 rings (SSSR count). The van der Waals surface area contributed by atoms with Crippen molar-refractivity contribution < 1.29 is 49.0 Å². The SMILES string of the molecule is CC(C)(C)c1[c-]c2c(cc1)-c1ccc(C(C)(C)C)cc1C2.Cc1ccc([C](=[Zr+2])c2ccccc2)cc1.[C-]1=CC=CC1.[Cl-].[Cl-]. The van der Waals surface area contributed by atoms with Gasteiger partial charge in [-0.3, -0.25) is 6.08 Å². The molecule has 222 valence electrons. The molecule has 3 heteroatoms. The standard InChI is InChI=1S/C21H25.C14H12.C5H5.2ClH.Zr/c1-20(2,3)16-7-9-18-14(12-16)11-15-13-17(21(4,5)6)8-10-19(15)18;1-12-7-9-14(10-8-12)11-13-5-3-2-4-6-13;1-2-4-5-3-1;;;/h7-10,12H,11H2,1-6H3;2-10H,1H3;1-3H,4H2;2*1H;/q-1;;-1;;;+2/p-2. The quantitative estimate of drug-likeness (QED) is 0.246. The largest absolute Gasteiger partial charge is 1.00 e. The second-order valence-electron chi connectivity index (χ2n) is 12.9. The van der Waals surface area contributed by atoms with E-state index in [1.807, 2.05) is 12.2 Å². The molecule has 2 aliphatic carbocycles. The average molecular weight is 685 g/mol. The van der Waals surface area contributed by atoms with Gasteiger partial charge in [0.05, 0.1) is 0 Å². The number of aryl methyl sites for hydroxylation is 1. The van der Waals surface area contributed by atoms with Gasteiger partial charge in [0.1, 0.15) is 0 Å². The summed E-state index contributed by atoms with van der Waals surface area (Å²) in [5.74, 6) is 0. The van der Waals surface area contributed by atoms with Crippen molar-refractivity contribution in [1.29, 1.82) is 0 Å². The molecular weight excluding hydrogens is 643 g/mol. The number of benzene rings is 4. The third kappa shape index (κ3) is 10.1. The molecule has 4 aromatic rings. The van der Waals surface area contributed by atoms with Crippen molar-refractivity contribution in [3.8, 4) is 11.1 Å². The van der Waals surface area contributed by atoms with Crippen LogP contribution in [-0.4, -0.2) is 3.21 Å². The van der Waals surface area contributed by atoms with Crippen LogP contribution in [0.1, 0.15) is 86.9 Å². The van der Waals surface area contributed by atoms with Gasteiger partial charge >= 0.3 is 106 Å². The number of halogens is 2. The zero-order valence-electron chi connectivity index (χ0n) is 26.5. The minimum atomic E-state index is 0. The zero-order chi connectivity index (χ0) is 29.6. The van der Waals surface area contributed by atoms with Crippen LogP contribution in [-0.2, 0) is 41.5 Å². The zero-order valence-corrected chi connectivity index (χ0v) is 30.5. The molecule has 0 spiro atoms. The Bertz CT molecular complexity index is 1480. The molecule has 0 saturated heterocycles. The maximum absolute atomic E-state index is 3.67. The van der Waals surface area contributed by atoms with E-state index in [-0.39, 0.29) is 35.6 Å². The van der Waals surface area contributed by atoms with E-state index in [1.165, 1.54) is 77.5 Å². The van der Waals surface area contributed by atoms with E-state index in [4.69, 9.17) is 0 Å². The molecule has 4 aromatic carbocycles. The Kier molecular flexibility index (Phi) is 13.8. The van der Waals surface area contributed by atoms with Gasteiger partial charge in [0.25, 0.3) is 0 Å². The van der Waals surface area contributed by atoms with E-state index in [0.717, 1.165) is 12.8 Å². The summed E-state index contributed by atoms with van der Waals surface area (Å²) in [6.45, 7) is 15.7. The van der Waals surface area contributed by atoms with Crippen molar-refractivity contribution in [2.24, 2.45) is 0 Å². The van der Waals surface area contributed by atoms with Crippen molar-refractivity contribution in [2.45, 2.75) is 72.1 Å². The van der Waals surface area contributed by atoms with Gasteiger partial charge in [-0.15, -0.1) is 17.5 Å². The van der Waals surface area contributed by atoms with Crippen LogP contribution in [0.3, 0.4) is 0 Å². The Morgan fingerprint density at radius 1 is 0.721 bits per heavy atom. The summed E-state index contributed by atoms with van der Waals surface area (Å²) in [5, 5.41) is 0. The van der Waals surface area contributed by atoms with Gasteiger partial charge in [-0.1, -0.05) is 65.3 Å². The average Bonchev–Trinajstić information content (AvgIpc) is 3.64. The fourth-order valence-electron chi connectivity index (χ4n) is 4.86. The van der Waals surface area contributed by atoms with Crippen molar-refractivity contribution in [1.82, 2.24) is 0 Å². The van der Waals surface area contributed by atoms with Crippen LogP contribution in [0.15, 0.2) is 103 Å². The van der Waals surface area contributed by atoms with Crippen LogP contribution < -0.4 is 24.8 Å². The molecule has 0 saturated carbocycles. The minimum absolute atomic E-state index is 0. The Labute approximate surface area is 287 Å². The second-order valence-corrected chi connectivity index (χ2v) is 14.2. The number of rotatable bonds is 2. The van der Waals surface area contributed by atoms with Crippen LogP contribution in [0.2, 0.25) is 0 Å². The van der Waals surface area contributed by atoms with Gasteiger partial charge in [0.15, 0.2) is 0 Å². The van der Waals surface area contributed by atoms with Crippen LogP contribution in [0.25, 0.3) is 11.1 Å². The molecule has 0 heterocycles. The number of allylic oxidation sites excluding steroid dienone is 4. The first-order valence-corrected chi connectivity index (χ1v) is 15.8. The Hall–Kier alpha value is -2.31. The monoisotopic (exact) mass is 682 g/mol. The molecule has 0 fully saturated rings. The third-order valence-electron chi connectivity index (χ3n) is 7.45. The van der Waals surface area contributed by atoms with E-state index in [2.05, 4.69) is 152 Å². The Morgan fingerprint density at radius 2 is 1.35 bits per heavy atom. The molecule has 0 radical (unpaired) electrons. The first-order valence-electron chi connectivity index (χ1n) is 14.6. The van der Waals surface area contributed by atoms with Crippen LogP contribution in [0.4, 0.5) is 0 Å². The third-order valence-corrected chi connectivity index (χ3v) is 8.87. The molecule has 0 N–H and O–H groups in total. The summed E-state index contributed by atoms with van der Waals surface area (Å²) in [6.07, 6.45) is 11.0. The normalized spacial score (nSPS) is 12.4. The maximum atomic E-state index is 3.67. The predicted molar refractivity (Wildman–Crippen MR) is 173 cm³/mol. The number of hydrogen-bond acceptors (Lipinski definition) is 0. The summed E-state index contributed by atoms with van der Waals surface area (Å²) in [4.78, 5) is 0. The summed E-state index contributed by atoms with van der Waals surface area (Å²) in [5.41, 5.74) is 12.7. The van der Waals surface area contributed by atoms with Gasteiger partial charge < -0.3 is 24.8 Å². The maximum Gasteiger partial charge on any atom is -0.109 e. The van der Waals surface area contributed by atoms with Crippen LogP contribution in [0, 0.1) is 19.1 Å². The Morgan fingerprint density at radius 3 is 1.88 bits per heavy atom. The van der Waals surface area contributed by atoms with Crippen molar-refractivity contribution >= 4 is 3.21 Å². The fraction of sp³-hybridized carbons (Fsp3) is 0.275. The van der Waals surface area contributed by atoms with E-state index in [0.29, 0.717) is 0 Å². The van der Waals surface area contributed by atoms with Gasteiger partial charge in [-0.25, -0.2) is 12.2 Å². The van der Waals surface area contributed by atoms with E-state index in [1.54, 1.807) is 0 Å². The topological polar surface area (TPSA) is 0 Å². The number of fused-ring (bicyclic) bond motifs is 3. The fourth-order valence-corrected chi connectivity index (χ4v) is 5.68. The van der Waals surface area contributed by atoms with Gasteiger partial charge in [0.2, 0.25) is 0 Å². The molecule has 0 atom stereocenters. The summed E-state index contributed by atoms with van der Waals surface area (Å²) >= 11 is 1.46. The molecule has 0 aromatic heterocycles. The smallest absolute Gasteiger partial charge is 0.109 e. The van der Waals surface area contributed by atoms with Crippen molar-refractivity contribution in [3.63, 3.8) is 0 Å².